The topological polar surface area (TPSA) is 33.2 Å². The van der Waals surface area contributed by atoms with E-state index in [9.17, 15) is 4.79 Å². The number of aldehydes is 1. The largest absolute Gasteiger partial charge is 0.356 e. The molecule has 0 saturated carbocycles. The Bertz CT molecular complexity index is 398. The number of anilines is 1. The first-order chi connectivity index (χ1) is 8.17. The Morgan fingerprint density at radius 1 is 1.53 bits per heavy atom. The summed E-state index contributed by atoms with van der Waals surface area (Å²) >= 11 is 7.63. The van der Waals surface area contributed by atoms with Crippen LogP contribution in [0.4, 0.5) is 5.82 Å². The minimum Gasteiger partial charge on any atom is -0.356 e. The van der Waals surface area contributed by atoms with Crippen LogP contribution in [0.3, 0.4) is 0 Å². The van der Waals surface area contributed by atoms with Crippen molar-refractivity contribution in [3.05, 3.63) is 16.7 Å². The monoisotopic (exact) mass is 272 g/mol. The highest BCUT2D eigenvalue weighted by Crippen LogP contribution is 2.28. The first kappa shape index (κ1) is 14.3. The van der Waals surface area contributed by atoms with Crippen molar-refractivity contribution in [2.75, 3.05) is 24.2 Å². The maximum absolute atomic E-state index is 11.1. The molecular formula is C12H17ClN2OS. The second kappa shape index (κ2) is 6.87. The summed E-state index contributed by atoms with van der Waals surface area (Å²) in [5.74, 6) is 0.696. The van der Waals surface area contributed by atoms with Crippen LogP contribution in [0.15, 0.2) is 11.1 Å². The molecule has 0 aliphatic heterocycles. The number of thioether (sulfide) groups is 1. The van der Waals surface area contributed by atoms with Crippen molar-refractivity contribution in [2.24, 2.45) is 0 Å². The van der Waals surface area contributed by atoms with Crippen LogP contribution in [0.2, 0.25) is 5.02 Å². The van der Waals surface area contributed by atoms with Gasteiger partial charge in [-0.05, 0) is 25.7 Å². The highest BCUT2D eigenvalue weighted by molar-refractivity contribution is 7.98. The van der Waals surface area contributed by atoms with Crippen LogP contribution in [-0.2, 0) is 0 Å². The van der Waals surface area contributed by atoms with Gasteiger partial charge in [-0.3, -0.25) is 4.79 Å². The molecule has 0 aromatic carbocycles. The summed E-state index contributed by atoms with van der Waals surface area (Å²) in [5.41, 5.74) is 0.486. The molecule has 17 heavy (non-hydrogen) atoms. The van der Waals surface area contributed by atoms with Crippen molar-refractivity contribution >= 4 is 35.5 Å². The van der Waals surface area contributed by atoms with Gasteiger partial charge in [-0.1, -0.05) is 18.5 Å². The molecule has 5 heteroatoms. The molecule has 0 spiro atoms. The summed E-state index contributed by atoms with van der Waals surface area (Å²) in [6.07, 6.45) is 3.74. The van der Waals surface area contributed by atoms with E-state index in [2.05, 4.69) is 16.8 Å². The van der Waals surface area contributed by atoms with Gasteiger partial charge >= 0.3 is 0 Å². The van der Waals surface area contributed by atoms with Crippen molar-refractivity contribution in [1.29, 1.82) is 0 Å². The molecule has 0 N–H and O–H groups in total. The summed E-state index contributed by atoms with van der Waals surface area (Å²) in [7, 11) is 0. The van der Waals surface area contributed by atoms with Gasteiger partial charge in [0.1, 0.15) is 5.82 Å². The third kappa shape index (κ3) is 3.36. The molecule has 0 radical (unpaired) electrons. The summed E-state index contributed by atoms with van der Waals surface area (Å²) in [5, 5.41) is 1.31. The van der Waals surface area contributed by atoms with Crippen LogP contribution in [0.25, 0.3) is 0 Å². The predicted octanol–water partition coefficient (Wildman–Crippen LogP) is 3.51. The van der Waals surface area contributed by atoms with Crippen molar-refractivity contribution in [3.63, 3.8) is 0 Å². The first-order valence-electron chi connectivity index (χ1n) is 5.62. The fourth-order valence-corrected chi connectivity index (χ4v) is 2.34. The van der Waals surface area contributed by atoms with Crippen LogP contribution >= 0.6 is 23.4 Å². The molecule has 0 fully saturated rings. The first-order valence-corrected chi connectivity index (χ1v) is 7.22. The number of hydrogen-bond donors (Lipinski definition) is 0. The molecule has 0 aliphatic carbocycles. The van der Waals surface area contributed by atoms with Gasteiger partial charge in [0.2, 0.25) is 0 Å². The Balaban J connectivity index is 3.26. The van der Waals surface area contributed by atoms with Gasteiger partial charge in [-0.25, -0.2) is 4.98 Å². The highest BCUT2D eigenvalue weighted by Gasteiger charge is 2.15. The fourth-order valence-electron chi connectivity index (χ4n) is 1.63. The smallest absolute Gasteiger partial charge is 0.155 e. The average Bonchev–Trinajstić information content (AvgIpc) is 2.34. The minimum absolute atomic E-state index is 0.476. The lowest BCUT2D eigenvalue weighted by atomic mass is 10.2. The predicted molar refractivity (Wildman–Crippen MR) is 74.6 cm³/mol. The highest BCUT2D eigenvalue weighted by atomic mass is 35.5. The van der Waals surface area contributed by atoms with Crippen molar-refractivity contribution in [1.82, 2.24) is 4.98 Å². The van der Waals surface area contributed by atoms with Gasteiger partial charge in [-0.2, -0.15) is 0 Å². The molecule has 0 atom stereocenters. The number of pyridine rings is 1. The van der Waals surface area contributed by atoms with Crippen molar-refractivity contribution in [3.8, 4) is 0 Å². The summed E-state index contributed by atoms with van der Waals surface area (Å²) < 4.78 is 0. The summed E-state index contributed by atoms with van der Waals surface area (Å²) in [6, 6.07) is 1.74. The minimum atomic E-state index is 0.476. The van der Waals surface area contributed by atoms with E-state index in [0.717, 1.165) is 30.8 Å². The van der Waals surface area contributed by atoms with Gasteiger partial charge in [-0.15, -0.1) is 11.8 Å². The lowest BCUT2D eigenvalue weighted by Gasteiger charge is -2.23. The van der Waals surface area contributed by atoms with E-state index in [0.29, 0.717) is 16.4 Å². The number of aromatic nitrogens is 1. The molecule has 0 bridgehead atoms. The normalized spacial score (nSPS) is 10.4. The molecule has 1 heterocycles. The third-order valence-corrected chi connectivity index (χ3v) is 3.41. The molecule has 94 valence electrons. The van der Waals surface area contributed by atoms with Crippen LogP contribution in [0.1, 0.15) is 30.6 Å². The van der Waals surface area contributed by atoms with E-state index in [1.54, 1.807) is 6.07 Å². The van der Waals surface area contributed by atoms with Gasteiger partial charge in [0.25, 0.3) is 0 Å². The van der Waals surface area contributed by atoms with Gasteiger partial charge in [0.15, 0.2) is 6.29 Å². The van der Waals surface area contributed by atoms with Crippen molar-refractivity contribution < 1.29 is 4.79 Å². The number of carbonyl (C=O) groups is 1. The molecule has 1 aromatic heterocycles. The molecule has 0 amide bonds. The SMILES string of the molecule is CCCN(CC)c1nc(SC)cc(Cl)c1C=O. The zero-order chi connectivity index (χ0) is 12.8. The lowest BCUT2D eigenvalue weighted by molar-refractivity contribution is 0.112. The number of nitrogens with zero attached hydrogens (tertiary/aromatic N) is 2. The zero-order valence-corrected chi connectivity index (χ0v) is 11.9. The second-order valence-electron chi connectivity index (χ2n) is 3.58. The van der Waals surface area contributed by atoms with Gasteiger partial charge < -0.3 is 4.90 Å². The van der Waals surface area contributed by atoms with Crippen LogP contribution in [-0.4, -0.2) is 30.6 Å². The van der Waals surface area contributed by atoms with Crippen LogP contribution in [0.5, 0.6) is 0 Å². The van der Waals surface area contributed by atoms with E-state index < -0.39 is 0 Å². The van der Waals surface area contributed by atoms with E-state index >= 15 is 0 Å². The summed E-state index contributed by atoms with van der Waals surface area (Å²) in [6.45, 7) is 5.84. The molecular weight excluding hydrogens is 256 g/mol. The van der Waals surface area contributed by atoms with Crippen LogP contribution in [0, 0.1) is 0 Å². The molecule has 0 unspecified atom stereocenters. The number of carbonyl (C=O) groups excluding carboxylic acids is 1. The Labute approximate surface area is 112 Å². The Kier molecular flexibility index (Phi) is 5.78. The molecule has 1 rings (SSSR count). The Morgan fingerprint density at radius 2 is 2.24 bits per heavy atom. The number of hydrogen-bond acceptors (Lipinski definition) is 4. The van der Waals surface area contributed by atoms with Crippen LogP contribution < -0.4 is 4.90 Å². The van der Waals surface area contributed by atoms with E-state index in [-0.39, 0.29) is 0 Å². The standard InChI is InChI=1S/C12H17ClN2OS/c1-4-6-15(5-2)12-9(8-16)10(13)7-11(14-12)17-3/h7-8H,4-6H2,1-3H3. The van der Waals surface area contributed by atoms with E-state index in [1.807, 2.05) is 13.2 Å². The average molecular weight is 273 g/mol. The number of halogens is 1. The third-order valence-electron chi connectivity index (χ3n) is 2.47. The second-order valence-corrected chi connectivity index (χ2v) is 4.81. The zero-order valence-electron chi connectivity index (χ0n) is 10.4. The van der Waals surface area contributed by atoms with Gasteiger partial charge in [0.05, 0.1) is 15.6 Å². The van der Waals surface area contributed by atoms with E-state index in [1.165, 1.54) is 11.8 Å². The maximum Gasteiger partial charge on any atom is 0.155 e. The maximum atomic E-state index is 11.1. The number of rotatable bonds is 6. The Hall–Kier alpha value is -0.740. The molecule has 0 saturated heterocycles. The Morgan fingerprint density at radius 3 is 2.71 bits per heavy atom. The lowest BCUT2D eigenvalue weighted by Crippen LogP contribution is -2.26. The molecule has 1 aromatic rings. The van der Waals surface area contributed by atoms with Gasteiger partial charge in [0, 0.05) is 13.1 Å². The summed E-state index contributed by atoms with van der Waals surface area (Å²) in [4.78, 5) is 17.7. The van der Waals surface area contributed by atoms with Crippen molar-refractivity contribution in [2.45, 2.75) is 25.3 Å². The molecule has 0 aliphatic rings. The molecule has 3 nitrogen and oxygen atoms in total. The fraction of sp³-hybridized carbons (Fsp3) is 0.500. The quantitative estimate of drug-likeness (QED) is 0.586. The van der Waals surface area contributed by atoms with E-state index in [4.69, 9.17) is 11.6 Å².